The SMILES string of the molecule is C[C@H](c1ncc(Cl)cn1)[C@H](C)S(=O)(=O)Nc1nnc([C@H]2COCCO2)n1C1CCOCC1. The molecule has 2 aromatic rings. The third kappa shape index (κ3) is 5.04. The van der Waals surface area contributed by atoms with E-state index in [9.17, 15) is 8.42 Å². The molecule has 32 heavy (non-hydrogen) atoms. The van der Waals surface area contributed by atoms with Gasteiger partial charge in [0.2, 0.25) is 16.0 Å². The van der Waals surface area contributed by atoms with E-state index in [-0.39, 0.29) is 12.0 Å². The quantitative estimate of drug-likeness (QED) is 0.624. The topological polar surface area (TPSA) is 130 Å². The van der Waals surface area contributed by atoms with Crippen molar-refractivity contribution in [2.45, 2.75) is 50.0 Å². The predicted octanol–water partition coefficient (Wildman–Crippen LogP) is 2.09. The first kappa shape index (κ1) is 23.3. The number of ether oxygens (including phenoxy) is 3. The van der Waals surface area contributed by atoms with E-state index >= 15 is 0 Å². The number of aromatic nitrogens is 5. The fraction of sp³-hybridized carbons (Fsp3) is 0.684. The lowest BCUT2D eigenvalue weighted by Gasteiger charge is -2.29. The lowest BCUT2D eigenvalue weighted by molar-refractivity contribution is -0.0956. The summed E-state index contributed by atoms with van der Waals surface area (Å²) in [6.45, 7) is 5.84. The van der Waals surface area contributed by atoms with E-state index in [0.717, 1.165) is 12.8 Å². The molecule has 176 valence electrons. The smallest absolute Gasteiger partial charge is 0.238 e. The highest BCUT2D eigenvalue weighted by atomic mass is 35.5. The summed E-state index contributed by atoms with van der Waals surface area (Å²) in [4.78, 5) is 8.33. The summed E-state index contributed by atoms with van der Waals surface area (Å²) in [7, 11) is -3.84. The molecule has 0 bridgehead atoms. The van der Waals surface area contributed by atoms with Gasteiger partial charge in [-0.3, -0.25) is 9.29 Å². The van der Waals surface area contributed by atoms with Crippen molar-refractivity contribution in [3.63, 3.8) is 0 Å². The van der Waals surface area contributed by atoms with Gasteiger partial charge in [-0.1, -0.05) is 18.5 Å². The minimum atomic E-state index is -3.84. The lowest BCUT2D eigenvalue weighted by atomic mass is 10.1. The molecule has 2 aliphatic rings. The van der Waals surface area contributed by atoms with Crippen LogP contribution in [-0.4, -0.2) is 71.4 Å². The number of nitrogens with one attached hydrogen (secondary N) is 1. The third-order valence-corrected chi connectivity index (χ3v) is 7.91. The average Bonchev–Trinajstić information content (AvgIpc) is 3.22. The van der Waals surface area contributed by atoms with Crippen molar-refractivity contribution in [3.8, 4) is 0 Å². The van der Waals surface area contributed by atoms with Gasteiger partial charge in [0.15, 0.2) is 5.82 Å². The van der Waals surface area contributed by atoms with E-state index in [1.807, 2.05) is 4.57 Å². The molecule has 4 rings (SSSR count). The van der Waals surface area contributed by atoms with Crippen LogP contribution >= 0.6 is 11.6 Å². The van der Waals surface area contributed by atoms with Crippen molar-refractivity contribution in [1.82, 2.24) is 24.7 Å². The predicted molar refractivity (Wildman–Crippen MR) is 116 cm³/mol. The fourth-order valence-corrected chi connectivity index (χ4v) is 5.13. The van der Waals surface area contributed by atoms with Crippen LogP contribution in [0, 0.1) is 0 Å². The molecule has 0 radical (unpaired) electrons. The second-order valence-corrected chi connectivity index (χ2v) is 10.4. The van der Waals surface area contributed by atoms with Gasteiger partial charge in [-0.25, -0.2) is 18.4 Å². The summed E-state index contributed by atoms with van der Waals surface area (Å²) in [5.41, 5.74) is 0. The zero-order valence-corrected chi connectivity index (χ0v) is 19.5. The van der Waals surface area contributed by atoms with Crippen LogP contribution in [0.2, 0.25) is 5.02 Å². The molecule has 1 N–H and O–H groups in total. The maximum atomic E-state index is 13.2. The first-order valence-electron chi connectivity index (χ1n) is 10.6. The second kappa shape index (κ2) is 9.96. The van der Waals surface area contributed by atoms with Gasteiger partial charge in [0, 0.05) is 37.6 Å². The average molecular weight is 487 g/mol. The molecule has 4 heterocycles. The fourth-order valence-electron chi connectivity index (χ4n) is 3.79. The normalized spacial score (nSPS) is 22.4. The highest BCUT2D eigenvalue weighted by Crippen LogP contribution is 2.32. The van der Waals surface area contributed by atoms with Crippen molar-refractivity contribution in [2.75, 3.05) is 37.8 Å². The molecular weight excluding hydrogens is 460 g/mol. The minimum Gasteiger partial charge on any atom is -0.381 e. The van der Waals surface area contributed by atoms with E-state index in [4.69, 9.17) is 25.8 Å². The standard InChI is InChI=1S/C19H27ClN6O5S/c1-12(17-21-9-14(20)10-22-17)13(2)32(27,28)25-19-24-23-18(16-11-30-7-8-31-16)26(19)15-3-5-29-6-4-15/h9-10,12-13,15-16H,3-8,11H2,1-2H3,(H,24,25)/t12-,13-,16+/m0/s1. The van der Waals surface area contributed by atoms with E-state index in [1.54, 1.807) is 13.8 Å². The van der Waals surface area contributed by atoms with Crippen LogP contribution in [0.15, 0.2) is 12.4 Å². The molecule has 2 saturated heterocycles. The summed E-state index contributed by atoms with van der Waals surface area (Å²) in [5, 5.41) is 8.00. The van der Waals surface area contributed by atoms with Gasteiger partial charge in [-0.05, 0) is 19.8 Å². The molecule has 3 atom stereocenters. The Balaban J connectivity index is 1.60. The van der Waals surface area contributed by atoms with Gasteiger partial charge in [-0.2, -0.15) is 0 Å². The zero-order valence-electron chi connectivity index (χ0n) is 18.0. The molecule has 13 heteroatoms. The zero-order chi connectivity index (χ0) is 22.7. The Hall–Kier alpha value is -1.86. The van der Waals surface area contributed by atoms with Gasteiger partial charge in [0.1, 0.15) is 11.9 Å². The molecule has 0 spiro atoms. The summed E-state index contributed by atoms with van der Waals surface area (Å²) < 4.78 is 47.8. The van der Waals surface area contributed by atoms with E-state index < -0.39 is 27.3 Å². The second-order valence-electron chi connectivity index (χ2n) is 7.93. The lowest BCUT2D eigenvalue weighted by Crippen LogP contribution is -2.33. The van der Waals surface area contributed by atoms with Crippen molar-refractivity contribution < 1.29 is 22.6 Å². The molecule has 2 fully saturated rings. The van der Waals surface area contributed by atoms with E-state index in [0.29, 0.717) is 49.7 Å². The molecule has 0 saturated carbocycles. The van der Waals surface area contributed by atoms with Crippen LogP contribution in [-0.2, 0) is 24.2 Å². The molecule has 0 unspecified atom stereocenters. The number of hydrogen-bond donors (Lipinski definition) is 1. The van der Waals surface area contributed by atoms with Gasteiger partial charge >= 0.3 is 0 Å². The van der Waals surface area contributed by atoms with Crippen molar-refractivity contribution in [1.29, 1.82) is 0 Å². The van der Waals surface area contributed by atoms with Gasteiger partial charge in [-0.15, -0.1) is 10.2 Å². The number of nitrogens with zero attached hydrogens (tertiary/aromatic N) is 5. The Morgan fingerprint density at radius 3 is 2.47 bits per heavy atom. The number of hydrogen-bond acceptors (Lipinski definition) is 9. The molecule has 0 aromatic carbocycles. The monoisotopic (exact) mass is 486 g/mol. The van der Waals surface area contributed by atoms with E-state index in [1.165, 1.54) is 12.4 Å². The highest BCUT2D eigenvalue weighted by Gasteiger charge is 2.34. The van der Waals surface area contributed by atoms with E-state index in [2.05, 4.69) is 24.9 Å². The largest absolute Gasteiger partial charge is 0.381 e. The van der Waals surface area contributed by atoms with Crippen LogP contribution in [0.4, 0.5) is 5.95 Å². The Kier molecular flexibility index (Phi) is 7.25. The van der Waals surface area contributed by atoms with Crippen molar-refractivity contribution >= 4 is 27.6 Å². The maximum Gasteiger partial charge on any atom is 0.238 e. The van der Waals surface area contributed by atoms with Crippen LogP contribution in [0.3, 0.4) is 0 Å². The van der Waals surface area contributed by atoms with Gasteiger partial charge < -0.3 is 14.2 Å². The molecule has 11 nitrogen and oxygen atoms in total. The van der Waals surface area contributed by atoms with Crippen LogP contribution in [0.25, 0.3) is 0 Å². The number of anilines is 1. The maximum absolute atomic E-state index is 13.2. The summed E-state index contributed by atoms with van der Waals surface area (Å²) in [6, 6.07) is -0.00990. The molecule has 0 amide bonds. The molecule has 2 aromatic heterocycles. The van der Waals surface area contributed by atoms with Crippen LogP contribution < -0.4 is 4.72 Å². The summed E-state index contributed by atoms with van der Waals surface area (Å²) in [6.07, 6.45) is 3.94. The first-order chi connectivity index (χ1) is 15.4. The Morgan fingerprint density at radius 1 is 1.09 bits per heavy atom. The van der Waals surface area contributed by atoms with Gasteiger partial charge in [0.25, 0.3) is 0 Å². The highest BCUT2D eigenvalue weighted by molar-refractivity contribution is 7.93. The minimum absolute atomic E-state index is 0.00990. The number of sulfonamides is 1. The van der Waals surface area contributed by atoms with Crippen molar-refractivity contribution in [2.24, 2.45) is 0 Å². The number of rotatable bonds is 7. The van der Waals surface area contributed by atoms with Crippen molar-refractivity contribution in [3.05, 3.63) is 29.1 Å². The molecular formula is C19H27ClN6O5S. The van der Waals surface area contributed by atoms with Crippen LogP contribution in [0.1, 0.15) is 56.4 Å². The third-order valence-electron chi connectivity index (χ3n) is 5.86. The van der Waals surface area contributed by atoms with Crippen LogP contribution in [0.5, 0.6) is 0 Å². The first-order valence-corrected chi connectivity index (χ1v) is 12.5. The summed E-state index contributed by atoms with van der Waals surface area (Å²) >= 11 is 5.85. The molecule has 2 aliphatic heterocycles. The Morgan fingerprint density at radius 2 is 1.81 bits per heavy atom. The van der Waals surface area contributed by atoms with Gasteiger partial charge in [0.05, 0.1) is 30.1 Å². The Labute approximate surface area is 191 Å². The molecule has 0 aliphatic carbocycles. The summed E-state index contributed by atoms with van der Waals surface area (Å²) in [5.74, 6) is 0.638. The number of halogens is 1. The Bertz CT molecular complexity index is 1010.